The summed E-state index contributed by atoms with van der Waals surface area (Å²) in [6.45, 7) is 2.79. The third kappa shape index (κ3) is 3.77. The molecule has 1 saturated carbocycles. The molecular weight excluding hydrogens is 329 g/mol. The minimum absolute atomic E-state index is 0.0624. The van der Waals surface area contributed by atoms with Crippen molar-refractivity contribution < 1.29 is 9.18 Å². The summed E-state index contributed by atoms with van der Waals surface area (Å²) >= 11 is 0. The number of amides is 1. The van der Waals surface area contributed by atoms with Crippen LogP contribution in [0.15, 0.2) is 54.9 Å². The van der Waals surface area contributed by atoms with Crippen LogP contribution in [0.2, 0.25) is 0 Å². The fraction of sp³-hybridized carbons (Fsp3) is 0.333. The number of carbonyl (C=O) groups is 1. The second-order valence-electron chi connectivity index (χ2n) is 7.07. The molecule has 1 aromatic heterocycles. The van der Waals surface area contributed by atoms with Gasteiger partial charge in [0.2, 0.25) is 5.91 Å². The van der Waals surface area contributed by atoms with Crippen LogP contribution in [0.1, 0.15) is 12.0 Å². The van der Waals surface area contributed by atoms with Gasteiger partial charge in [-0.25, -0.2) is 4.39 Å². The van der Waals surface area contributed by atoms with Crippen LogP contribution >= 0.6 is 0 Å². The molecule has 0 radical (unpaired) electrons. The van der Waals surface area contributed by atoms with Gasteiger partial charge in [0.15, 0.2) is 0 Å². The lowest BCUT2D eigenvalue weighted by molar-refractivity contribution is -0.116. The molecule has 0 spiro atoms. The maximum atomic E-state index is 13.0. The highest BCUT2D eigenvalue weighted by molar-refractivity contribution is 5.91. The van der Waals surface area contributed by atoms with Gasteiger partial charge in [-0.2, -0.15) is 0 Å². The maximum Gasteiger partial charge on any atom is 0.244 e. The van der Waals surface area contributed by atoms with E-state index in [0.717, 1.165) is 30.8 Å². The van der Waals surface area contributed by atoms with Crippen LogP contribution in [0.25, 0.3) is 6.08 Å². The first-order chi connectivity index (χ1) is 12.7. The highest BCUT2D eigenvalue weighted by Crippen LogP contribution is 2.54. The Labute approximate surface area is 152 Å². The second-order valence-corrected chi connectivity index (χ2v) is 7.07. The molecule has 2 aliphatic rings. The summed E-state index contributed by atoms with van der Waals surface area (Å²) in [6, 6.07) is 10.5. The highest BCUT2D eigenvalue weighted by atomic mass is 19.1. The fourth-order valence-electron chi connectivity index (χ4n) is 4.01. The first-order valence-corrected chi connectivity index (χ1v) is 9.07. The van der Waals surface area contributed by atoms with Gasteiger partial charge in [-0.1, -0.05) is 6.07 Å². The van der Waals surface area contributed by atoms with Crippen LogP contribution in [0, 0.1) is 23.6 Å². The van der Waals surface area contributed by atoms with E-state index in [2.05, 4.69) is 15.2 Å². The summed E-state index contributed by atoms with van der Waals surface area (Å²) in [5.74, 6) is 1.87. The Bertz CT molecular complexity index is 779. The molecule has 4 rings (SSSR count). The Morgan fingerprint density at radius 2 is 2.00 bits per heavy atom. The van der Waals surface area contributed by atoms with E-state index in [1.165, 1.54) is 12.1 Å². The number of piperidine rings is 1. The summed E-state index contributed by atoms with van der Waals surface area (Å²) in [5.41, 5.74) is 2.02. The number of nitrogens with one attached hydrogen (secondary N) is 1. The largest absolute Gasteiger partial charge is 0.371 e. The molecule has 0 bridgehead atoms. The van der Waals surface area contributed by atoms with Gasteiger partial charge >= 0.3 is 0 Å². The van der Waals surface area contributed by atoms with Crippen LogP contribution in [0.5, 0.6) is 0 Å². The Kier molecular flexibility index (Phi) is 4.69. The predicted molar refractivity (Wildman–Crippen MR) is 100.0 cm³/mol. The number of carbonyl (C=O) groups excluding carboxylic acids is 1. The molecule has 5 heteroatoms. The van der Waals surface area contributed by atoms with Crippen molar-refractivity contribution in [3.8, 4) is 0 Å². The monoisotopic (exact) mass is 351 g/mol. The van der Waals surface area contributed by atoms with E-state index in [9.17, 15) is 9.18 Å². The Morgan fingerprint density at radius 1 is 1.23 bits per heavy atom. The Morgan fingerprint density at radius 3 is 2.69 bits per heavy atom. The highest BCUT2D eigenvalue weighted by Gasteiger charge is 2.54. The van der Waals surface area contributed by atoms with E-state index in [4.69, 9.17) is 0 Å². The molecule has 2 aromatic rings. The summed E-state index contributed by atoms with van der Waals surface area (Å²) in [6.07, 6.45) is 7.79. The third-order valence-corrected chi connectivity index (χ3v) is 5.45. The lowest BCUT2D eigenvalue weighted by atomic mass is 10.2. The van der Waals surface area contributed by atoms with E-state index in [1.807, 2.05) is 24.3 Å². The molecule has 4 nitrogen and oxygen atoms in total. The number of fused-ring (bicyclic) bond motifs is 1. The van der Waals surface area contributed by atoms with Crippen molar-refractivity contribution >= 4 is 17.7 Å². The Balaban J connectivity index is 1.17. The smallest absolute Gasteiger partial charge is 0.244 e. The standard InChI is InChI=1S/C21H22FN3O/c22-16-4-6-17(7-5-16)25-13-19-18(20(19)14-25)9-11-24-21(26)8-3-15-2-1-10-23-12-15/h1-8,10,12,18-20H,9,11,13-14H2,(H,24,26)/b8-3+/t18-,19-,20+. The average molecular weight is 351 g/mol. The third-order valence-electron chi connectivity index (χ3n) is 5.45. The van der Waals surface area contributed by atoms with Gasteiger partial charge in [0, 0.05) is 43.8 Å². The molecule has 1 amide bonds. The molecule has 1 aliphatic carbocycles. The predicted octanol–water partition coefficient (Wildman–Crippen LogP) is 3.12. The van der Waals surface area contributed by atoms with Crippen LogP contribution in [0.3, 0.4) is 0 Å². The number of rotatable bonds is 6. The van der Waals surface area contributed by atoms with Crippen LogP contribution in [-0.4, -0.2) is 30.5 Å². The van der Waals surface area contributed by atoms with E-state index in [0.29, 0.717) is 24.3 Å². The first-order valence-electron chi connectivity index (χ1n) is 9.07. The molecule has 134 valence electrons. The van der Waals surface area contributed by atoms with Crippen LogP contribution < -0.4 is 10.2 Å². The van der Waals surface area contributed by atoms with E-state index in [-0.39, 0.29) is 11.7 Å². The number of nitrogens with zero attached hydrogens (tertiary/aromatic N) is 2. The van der Waals surface area contributed by atoms with Gasteiger partial charge in [-0.05, 0) is 66.1 Å². The number of aromatic nitrogens is 1. The summed E-state index contributed by atoms with van der Waals surface area (Å²) in [4.78, 5) is 18.2. The van der Waals surface area contributed by atoms with Gasteiger partial charge < -0.3 is 10.2 Å². The molecule has 2 heterocycles. The SMILES string of the molecule is O=C(/C=C/c1cccnc1)NCC[C@@H]1[C@H]2CN(c3ccc(F)cc3)C[C@@H]12. The van der Waals surface area contributed by atoms with Gasteiger partial charge in [-0.15, -0.1) is 0 Å². The molecule has 26 heavy (non-hydrogen) atoms. The first kappa shape index (κ1) is 16.8. The fourth-order valence-corrected chi connectivity index (χ4v) is 4.01. The van der Waals surface area contributed by atoms with E-state index >= 15 is 0 Å². The zero-order valence-corrected chi connectivity index (χ0v) is 14.5. The second kappa shape index (κ2) is 7.28. The molecule has 1 saturated heterocycles. The molecule has 1 aromatic carbocycles. The topological polar surface area (TPSA) is 45.2 Å². The molecule has 1 N–H and O–H groups in total. The molecule has 3 atom stereocenters. The molecule has 1 aliphatic heterocycles. The minimum Gasteiger partial charge on any atom is -0.371 e. The van der Waals surface area contributed by atoms with Crippen molar-refractivity contribution in [2.45, 2.75) is 6.42 Å². The number of halogens is 1. The quantitative estimate of drug-likeness (QED) is 0.814. The van der Waals surface area contributed by atoms with Crippen molar-refractivity contribution in [2.24, 2.45) is 17.8 Å². The van der Waals surface area contributed by atoms with E-state index < -0.39 is 0 Å². The van der Waals surface area contributed by atoms with Crippen LogP contribution in [-0.2, 0) is 4.79 Å². The van der Waals surface area contributed by atoms with Crippen molar-refractivity contribution in [1.82, 2.24) is 10.3 Å². The van der Waals surface area contributed by atoms with Crippen molar-refractivity contribution in [3.05, 3.63) is 66.2 Å². The van der Waals surface area contributed by atoms with Crippen molar-refractivity contribution in [3.63, 3.8) is 0 Å². The van der Waals surface area contributed by atoms with Gasteiger partial charge in [0.05, 0.1) is 0 Å². The van der Waals surface area contributed by atoms with Crippen molar-refractivity contribution in [2.75, 3.05) is 24.5 Å². The zero-order chi connectivity index (χ0) is 17.9. The summed E-state index contributed by atoms with van der Waals surface area (Å²) in [5, 5.41) is 2.96. The maximum absolute atomic E-state index is 13.0. The normalized spacial score (nSPS) is 23.9. The minimum atomic E-state index is -0.190. The van der Waals surface area contributed by atoms with Crippen LogP contribution in [0.4, 0.5) is 10.1 Å². The molecule has 0 unspecified atom stereocenters. The van der Waals surface area contributed by atoms with Gasteiger partial charge in [0.1, 0.15) is 5.82 Å². The lowest BCUT2D eigenvalue weighted by Crippen LogP contribution is -2.26. The summed E-state index contributed by atoms with van der Waals surface area (Å²) < 4.78 is 13.0. The Hall–Kier alpha value is -2.69. The number of hydrogen-bond acceptors (Lipinski definition) is 3. The number of benzene rings is 1. The number of pyridine rings is 1. The zero-order valence-electron chi connectivity index (χ0n) is 14.5. The average Bonchev–Trinajstić information content (AvgIpc) is 3.11. The van der Waals surface area contributed by atoms with Gasteiger partial charge in [-0.3, -0.25) is 9.78 Å². The van der Waals surface area contributed by atoms with E-state index in [1.54, 1.807) is 24.5 Å². The molecular formula is C21H22FN3O. The number of hydrogen-bond donors (Lipinski definition) is 1. The lowest BCUT2D eigenvalue weighted by Gasteiger charge is -2.22. The summed E-state index contributed by atoms with van der Waals surface area (Å²) in [7, 11) is 0. The van der Waals surface area contributed by atoms with Crippen molar-refractivity contribution in [1.29, 1.82) is 0 Å². The molecule has 2 fully saturated rings. The number of anilines is 1. The van der Waals surface area contributed by atoms with Gasteiger partial charge in [0.25, 0.3) is 0 Å².